The van der Waals surface area contributed by atoms with Crippen LogP contribution in [0.25, 0.3) is 0 Å². The standard InChI is InChI=1S/C15H21N3O/c1-11(2)18(9-5-8-16)15(19)13-10-12(3)6-7-14(13)17-4/h6-7,10-11,17H,5,9H2,1-4H3. The first kappa shape index (κ1) is 15.0. The molecule has 0 fully saturated rings. The molecule has 1 rings (SSSR count). The zero-order valence-electron chi connectivity index (χ0n) is 12.0. The quantitative estimate of drug-likeness (QED) is 0.884. The number of aryl methyl sites for hydroxylation is 1. The summed E-state index contributed by atoms with van der Waals surface area (Å²) in [7, 11) is 1.80. The molecule has 0 saturated carbocycles. The molecule has 0 spiro atoms. The smallest absolute Gasteiger partial charge is 0.256 e. The summed E-state index contributed by atoms with van der Waals surface area (Å²) in [4.78, 5) is 14.3. The summed E-state index contributed by atoms with van der Waals surface area (Å²) >= 11 is 0. The van der Waals surface area contributed by atoms with Crippen LogP contribution in [0.5, 0.6) is 0 Å². The van der Waals surface area contributed by atoms with Crippen LogP contribution in [0.3, 0.4) is 0 Å². The van der Waals surface area contributed by atoms with Crippen molar-refractivity contribution < 1.29 is 4.79 Å². The van der Waals surface area contributed by atoms with E-state index < -0.39 is 0 Å². The average molecular weight is 259 g/mol. The van der Waals surface area contributed by atoms with Crippen LogP contribution in [0.1, 0.15) is 36.2 Å². The fraction of sp³-hybridized carbons (Fsp3) is 0.467. The van der Waals surface area contributed by atoms with Gasteiger partial charge in [0.1, 0.15) is 0 Å². The molecule has 0 aliphatic carbocycles. The molecule has 102 valence electrons. The van der Waals surface area contributed by atoms with E-state index in [4.69, 9.17) is 5.26 Å². The highest BCUT2D eigenvalue weighted by Crippen LogP contribution is 2.20. The Hall–Kier alpha value is -2.02. The van der Waals surface area contributed by atoms with E-state index in [1.54, 1.807) is 11.9 Å². The number of amides is 1. The van der Waals surface area contributed by atoms with Gasteiger partial charge in [0.05, 0.1) is 18.1 Å². The van der Waals surface area contributed by atoms with Crippen LogP contribution in [0.15, 0.2) is 18.2 Å². The Morgan fingerprint density at radius 3 is 2.68 bits per heavy atom. The normalized spacial score (nSPS) is 10.1. The summed E-state index contributed by atoms with van der Waals surface area (Å²) in [6.45, 7) is 6.35. The van der Waals surface area contributed by atoms with Crippen molar-refractivity contribution in [3.8, 4) is 6.07 Å². The van der Waals surface area contributed by atoms with Gasteiger partial charge in [0.25, 0.3) is 5.91 Å². The molecule has 1 aromatic carbocycles. The van der Waals surface area contributed by atoms with E-state index in [0.717, 1.165) is 11.3 Å². The van der Waals surface area contributed by atoms with Gasteiger partial charge in [0, 0.05) is 25.3 Å². The van der Waals surface area contributed by atoms with Gasteiger partial charge in [-0.3, -0.25) is 4.79 Å². The maximum Gasteiger partial charge on any atom is 0.256 e. The molecule has 0 aromatic heterocycles. The predicted molar refractivity (Wildman–Crippen MR) is 77.1 cm³/mol. The van der Waals surface area contributed by atoms with E-state index in [0.29, 0.717) is 18.5 Å². The lowest BCUT2D eigenvalue weighted by atomic mass is 10.1. The minimum absolute atomic E-state index is 0.0294. The Labute approximate surface area is 115 Å². The summed E-state index contributed by atoms with van der Waals surface area (Å²) in [5, 5.41) is 11.7. The summed E-state index contributed by atoms with van der Waals surface area (Å²) in [6.07, 6.45) is 0.352. The van der Waals surface area contributed by atoms with Gasteiger partial charge in [0.2, 0.25) is 0 Å². The SMILES string of the molecule is CNc1ccc(C)cc1C(=O)N(CCC#N)C(C)C. The molecule has 1 N–H and O–H groups in total. The van der Waals surface area contributed by atoms with E-state index in [-0.39, 0.29) is 11.9 Å². The van der Waals surface area contributed by atoms with Crippen LogP contribution < -0.4 is 5.32 Å². The van der Waals surface area contributed by atoms with Crippen LogP contribution in [0.2, 0.25) is 0 Å². The van der Waals surface area contributed by atoms with Gasteiger partial charge in [-0.1, -0.05) is 11.6 Å². The molecule has 4 nitrogen and oxygen atoms in total. The molecule has 0 heterocycles. The van der Waals surface area contributed by atoms with Gasteiger partial charge < -0.3 is 10.2 Å². The number of nitrogens with zero attached hydrogens (tertiary/aromatic N) is 2. The molecule has 1 amide bonds. The van der Waals surface area contributed by atoms with E-state index in [9.17, 15) is 4.79 Å². The van der Waals surface area contributed by atoms with Crippen molar-refractivity contribution in [1.29, 1.82) is 5.26 Å². The first-order chi connectivity index (χ1) is 9.01. The highest BCUT2D eigenvalue weighted by atomic mass is 16.2. The number of nitrogens with one attached hydrogen (secondary N) is 1. The van der Waals surface area contributed by atoms with Crippen LogP contribution in [-0.4, -0.2) is 30.4 Å². The van der Waals surface area contributed by atoms with Gasteiger partial charge in [-0.25, -0.2) is 0 Å². The third-order valence-electron chi connectivity index (χ3n) is 3.02. The van der Waals surface area contributed by atoms with Gasteiger partial charge in [0.15, 0.2) is 0 Å². The van der Waals surface area contributed by atoms with Gasteiger partial charge >= 0.3 is 0 Å². The number of nitriles is 1. The molecule has 0 aliphatic rings. The Balaban J connectivity index is 3.09. The lowest BCUT2D eigenvalue weighted by Crippen LogP contribution is -2.38. The van der Waals surface area contributed by atoms with E-state index in [2.05, 4.69) is 11.4 Å². The van der Waals surface area contributed by atoms with Crippen molar-refractivity contribution in [2.24, 2.45) is 0 Å². The Kier molecular flexibility index (Phi) is 5.37. The molecule has 1 aromatic rings. The Bertz CT molecular complexity index is 489. The zero-order valence-corrected chi connectivity index (χ0v) is 12.0. The second kappa shape index (κ2) is 6.79. The molecule has 0 unspecified atom stereocenters. The second-order valence-electron chi connectivity index (χ2n) is 4.80. The minimum Gasteiger partial charge on any atom is -0.387 e. The van der Waals surface area contributed by atoms with Crippen molar-refractivity contribution in [3.05, 3.63) is 29.3 Å². The first-order valence-electron chi connectivity index (χ1n) is 6.47. The van der Waals surface area contributed by atoms with Gasteiger partial charge in [-0.2, -0.15) is 5.26 Å². The number of benzene rings is 1. The molecule has 0 bridgehead atoms. The van der Waals surface area contributed by atoms with Crippen molar-refractivity contribution in [3.63, 3.8) is 0 Å². The number of rotatable bonds is 5. The number of carbonyl (C=O) groups is 1. The molecule has 19 heavy (non-hydrogen) atoms. The van der Waals surface area contributed by atoms with Crippen molar-refractivity contribution >= 4 is 11.6 Å². The van der Waals surface area contributed by atoms with Crippen molar-refractivity contribution in [2.75, 3.05) is 18.9 Å². The second-order valence-corrected chi connectivity index (χ2v) is 4.80. The van der Waals surface area contributed by atoms with Crippen LogP contribution in [0, 0.1) is 18.3 Å². The Morgan fingerprint density at radius 1 is 1.47 bits per heavy atom. The van der Waals surface area contributed by atoms with E-state index in [1.165, 1.54) is 0 Å². The van der Waals surface area contributed by atoms with Crippen LogP contribution in [0.4, 0.5) is 5.69 Å². The summed E-state index contributed by atoms with van der Waals surface area (Å²) in [5.41, 5.74) is 2.53. The summed E-state index contributed by atoms with van der Waals surface area (Å²) in [6, 6.07) is 7.93. The highest BCUT2D eigenvalue weighted by Gasteiger charge is 2.20. The fourth-order valence-electron chi connectivity index (χ4n) is 1.97. The maximum atomic E-state index is 12.6. The van der Waals surface area contributed by atoms with Gasteiger partial charge in [-0.05, 0) is 32.9 Å². The number of carbonyl (C=O) groups excluding carboxylic acids is 1. The van der Waals surface area contributed by atoms with Crippen LogP contribution in [-0.2, 0) is 0 Å². The maximum absolute atomic E-state index is 12.6. The monoisotopic (exact) mass is 259 g/mol. The lowest BCUT2D eigenvalue weighted by molar-refractivity contribution is 0.0711. The number of hydrogen-bond donors (Lipinski definition) is 1. The predicted octanol–water partition coefficient (Wildman–Crippen LogP) is 2.80. The largest absolute Gasteiger partial charge is 0.387 e. The average Bonchev–Trinajstić information content (AvgIpc) is 2.38. The zero-order chi connectivity index (χ0) is 14.4. The summed E-state index contributed by atoms with van der Waals surface area (Å²) < 4.78 is 0. The molecule has 0 atom stereocenters. The van der Waals surface area contributed by atoms with Crippen LogP contribution >= 0.6 is 0 Å². The third kappa shape index (κ3) is 3.72. The van der Waals surface area contributed by atoms with E-state index >= 15 is 0 Å². The molecule has 0 aliphatic heterocycles. The highest BCUT2D eigenvalue weighted by molar-refractivity contribution is 6.00. The van der Waals surface area contributed by atoms with Crippen molar-refractivity contribution in [2.45, 2.75) is 33.2 Å². The topological polar surface area (TPSA) is 56.1 Å². The third-order valence-corrected chi connectivity index (χ3v) is 3.02. The number of hydrogen-bond acceptors (Lipinski definition) is 3. The van der Waals surface area contributed by atoms with Crippen molar-refractivity contribution in [1.82, 2.24) is 4.90 Å². The lowest BCUT2D eigenvalue weighted by Gasteiger charge is -2.27. The molecule has 0 radical (unpaired) electrons. The van der Waals surface area contributed by atoms with Gasteiger partial charge in [-0.15, -0.1) is 0 Å². The molecular weight excluding hydrogens is 238 g/mol. The molecular formula is C15H21N3O. The molecule has 4 heteroatoms. The summed E-state index contributed by atoms with van der Waals surface area (Å²) in [5.74, 6) is -0.0294. The first-order valence-corrected chi connectivity index (χ1v) is 6.47. The van der Waals surface area contributed by atoms with E-state index in [1.807, 2.05) is 39.0 Å². The Morgan fingerprint density at radius 2 is 2.16 bits per heavy atom. The fourth-order valence-corrected chi connectivity index (χ4v) is 1.97. The minimum atomic E-state index is -0.0294. The molecule has 0 saturated heterocycles. The number of anilines is 1.